The number of likely N-dealkylation sites (tertiary alicyclic amines) is 1. The van der Waals surface area contributed by atoms with E-state index in [1.807, 2.05) is 12.1 Å². The SMILES string of the molecule is CCc1ccc(CNC(=O)[C@@H]2CC(=O)N(Cc3ccco3)C2)s1. The molecule has 3 heterocycles. The Kier molecular flexibility index (Phi) is 4.81. The van der Waals surface area contributed by atoms with Crippen LogP contribution in [0.1, 0.15) is 28.9 Å². The molecule has 1 atom stereocenters. The van der Waals surface area contributed by atoms with Gasteiger partial charge in [0.05, 0.1) is 25.3 Å². The summed E-state index contributed by atoms with van der Waals surface area (Å²) in [5.41, 5.74) is 0. The van der Waals surface area contributed by atoms with Gasteiger partial charge in [0.25, 0.3) is 0 Å². The van der Waals surface area contributed by atoms with E-state index < -0.39 is 0 Å². The van der Waals surface area contributed by atoms with Crippen LogP contribution < -0.4 is 5.32 Å². The van der Waals surface area contributed by atoms with E-state index in [0.717, 1.165) is 17.1 Å². The number of hydrogen-bond acceptors (Lipinski definition) is 4. The van der Waals surface area contributed by atoms with Crippen LogP contribution in [-0.2, 0) is 29.1 Å². The Balaban J connectivity index is 1.51. The number of nitrogens with one attached hydrogen (secondary N) is 1. The molecule has 1 saturated heterocycles. The van der Waals surface area contributed by atoms with Crippen LogP contribution in [0.2, 0.25) is 0 Å². The predicted octanol–water partition coefficient (Wildman–Crippen LogP) is 2.57. The fraction of sp³-hybridized carbons (Fsp3) is 0.412. The van der Waals surface area contributed by atoms with Crippen molar-refractivity contribution in [1.29, 1.82) is 0 Å². The van der Waals surface area contributed by atoms with E-state index >= 15 is 0 Å². The fourth-order valence-corrected chi connectivity index (χ4v) is 3.61. The number of aryl methyl sites for hydroxylation is 1. The van der Waals surface area contributed by atoms with Gasteiger partial charge in [-0.1, -0.05) is 6.92 Å². The van der Waals surface area contributed by atoms with Gasteiger partial charge in [0, 0.05) is 22.7 Å². The summed E-state index contributed by atoms with van der Waals surface area (Å²) in [7, 11) is 0. The number of carbonyl (C=O) groups is 2. The van der Waals surface area contributed by atoms with Gasteiger partial charge in [0.1, 0.15) is 5.76 Å². The maximum atomic E-state index is 12.3. The van der Waals surface area contributed by atoms with Gasteiger partial charge in [0.2, 0.25) is 11.8 Å². The van der Waals surface area contributed by atoms with Crippen LogP contribution in [0.15, 0.2) is 34.9 Å². The minimum atomic E-state index is -0.275. The number of amides is 2. The number of hydrogen-bond donors (Lipinski definition) is 1. The maximum Gasteiger partial charge on any atom is 0.225 e. The highest BCUT2D eigenvalue weighted by atomic mass is 32.1. The van der Waals surface area contributed by atoms with Crippen molar-refractivity contribution in [3.8, 4) is 0 Å². The molecule has 1 N–H and O–H groups in total. The fourth-order valence-electron chi connectivity index (χ4n) is 2.72. The van der Waals surface area contributed by atoms with Gasteiger partial charge in [-0.15, -0.1) is 11.3 Å². The van der Waals surface area contributed by atoms with Crippen molar-refractivity contribution in [3.05, 3.63) is 46.0 Å². The highest BCUT2D eigenvalue weighted by Gasteiger charge is 2.34. The molecule has 6 heteroatoms. The van der Waals surface area contributed by atoms with Gasteiger partial charge >= 0.3 is 0 Å². The average Bonchev–Trinajstić information content (AvgIpc) is 3.27. The third-order valence-electron chi connectivity index (χ3n) is 4.01. The summed E-state index contributed by atoms with van der Waals surface area (Å²) in [6.07, 6.45) is 2.88. The highest BCUT2D eigenvalue weighted by Crippen LogP contribution is 2.21. The summed E-state index contributed by atoms with van der Waals surface area (Å²) in [6.45, 7) is 3.54. The van der Waals surface area contributed by atoms with Crippen molar-refractivity contribution in [2.24, 2.45) is 5.92 Å². The van der Waals surface area contributed by atoms with Crippen molar-refractivity contribution in [3.63, 3.8) is 0 Å². The van der Waals surface area contributed by atoms with E-state index in [9.17, 15) is 9.59 Å². The standard InChI is InChI=1S/C17H20N2O3S/c1-2-14-5-6-15(23-14)9-18-17(21)12-8-16(20)19(10-12)11-13-4-3-7-22-13/h3-7,12H,2,8-11H2,1H3,(H,18,21)/t12-/m1/s1. The molecule has 2 aromatic rings. The summed E-state index contributed by atoms with van der Waals surface area (Å²) in [5, 5.41) is 2.95. The van der Waals surface area contributed by atoms with Gasteiger partial charge in [-0.2, -0.15) is 0 Å². The molecule has 1 fully saturated rings. The van der Waals surface area contributed by atoms with E-state index in [4.69, 9.17) is 4.42 Å². The molecule has 0 bridgehead atoms. The van der Waals surface area contributed by atoms with Crippen molar-refractivity contribution < 1.29 is 14.0 Å². The van der Waals surface area contributed by atoms with E-state index in [2.05, 4.69) is 18.3 Å². The van der Waals surface area contributed by atoms with Crippen molar-refractivity contribution in [2.45, 2.75) is 32.9 Å². The summed E-state index contributed by atoms with van der Waals surface area (Å²) >= 11 is 1.72. The molecule has 1 aliphatic rings. The minimum Gasteiger partial charge on any atom is -0.467 e. The van der Waals surface area contributed by atoms with Crippen molar-refractivity contribution in [1.82, 2.24) is 10.2 Å². The normalized spacial score (nSPS) is 17.7. The first-order valence-electron chi connectivity index (χ1n) is 7.81. The quantitative estimate of drug-likeness (QED) is 0.884. The zero-order valence-corrected chi connectivity index (χ0v) is 13.9. The maximum absolute atomic E-state index is 12.3. The second-order valence-corrected chi connectivity index (χ2v) is 6.95. The number of carbonyl (C=O) groups excluding carboxylic acids is 2. The van der Waals surface area contributed by atoms with Crippen LogP contribution in [0.3, 0.4) is 0 Å². The summed E-state index contributed by atoms with van der Waals surface area (Å²) in [4.78, 5) is 28.5. The Morgan fingerprint density at radius 3 is 2.91 bits per heavy atom. The molecular weight excluding hydrogens is 312 g/mol. The first-order chi connectivity index (χ1) is 11.2. The number of furan rings is 1. The van der Waals surface area contributed by atoms with Crippen LogP contribution >= 0.6 is 11.3 Å². The Morgan fingerprint density at radius 1 is 1.39 bits per heavy atom. The van der Waals surface area contributed by atoms with Gasteiger partial charge in [0.15, 0.2) is 0 Å². The molecule has 0 aliphatic carbocycles. The summed E-state index contributed by atoms with van der Waals surface area (Å²) < 4.78 is 5.26. The Labute approximate surface area is 139 Å². The van der Waals surface area contributed by atoms with E-state index in [0.29, 0.717) is 19.6 Å². The van der Waals surface area contributed by atoms with Crippen molar-refractivity contribution in [2.75, 3.05) is 6.54 Å². The smallest absolute Gasteiger partial charge is 0.225 e. The Hall–Kier alpha value is -2.08. The topological polar surface area (TPSA) is 62.6 Å². The van der Waals surface area contributed by atoms with E-state index in [1.165, 1.54) is 4.88 Å². The molecule has 23 heavy (non-hydrogen) atoms. The lowest BCUT2D eigenvalue weighted by Gasteiger charge is -2.14. The number of nitrogens with zero attached hydrogens (tertiary/aromatic N) is 1. The molecule has 2 amide bonds. The lowest BCUT2D eigenvalue weighted by Crippen LogP contribution is -2.32. The second kappa shape index (κ2) is 7.00. The van der Waals surface area contributed by atoms with Crippen LogP contribution in [0, 0.1) is 5.92 Å². The molecule has 0 radical (unpaired) electrons. The zero-order chi connectivity index (χ0) is 16.2. The lowest BCUT2D eigenvalue weighted by molar-refractivity contribution is -0.129. The van der Waals surface area contributed by atoms with Gasteiger partial charge in [-0.3, -0.25) is 9.59 Å². The largest absolute Gasteiger partial charge is 0.467 e. The molecule has 0 saturated carbocycles. The number of thiophene rings is 1. The molecule has 0 aromatic carbocycles. The van der Waals surface area contributed by atoms with E-state index in [-0.39, 0.29) is 24.2 Å². The predicted molar refractivity (Wildman–Crippen MR) is 87.8 cm³/mol. The highest BCUT2D eigenvalue weighted by molar-refractivity contribution is 7.11. The summed E-state index contributed by atoms with van der Waals surface area (Å²) in [5.74, 6) is 0.422. The third-order valence-corrected chi connectivity index (χ3v) is 5.24. The second-order valence-electron chi connectivity index (χ2n) is 5.69. The third kappa shape index (κ3) is 3.82. The summed E-state index contributed by atoms with van der Waals surface area (Å²) in [6, 6.07) is 7.78. The van der Waals surface area contributed by atoms with Crippen LogP contribution in [0.25, 0.3) is 0 Å². The molecule has 2 aromatic heterocycles. The van der Waals surface area contributed by atoms with Crippen molar-refractivity contribution >= 4 is 23.2 Å². The zero-order valence-electron chi connectivity index (χ0n) is 13.1. The molecule has 3 rings (SSSR count). The van der Waals surface area contributed by atoms with Crippen LogP contribution in [-0.4, -0.2) is 23.3 Å². The minimum absolute atomic E-state index is 0.00550. The first kappa shape index (κ1) is 15.8. The Morgan fingerprint density at radius 2 is 2.22 bits per heavy atom. The number of rotatable bonds is 6. The van der Waals surface area contributed by atoms with Gasteiger partial charge in [-0.25, -0.2) is 0 Å². The molecule has 0 unspecified atom stereocenters. The van der Waals surface area contributed by atoms with Gasteiger partial charge < -0.3 is 14.6 Å². The molecule has 0 spiro atoms. The molecule has 5 nitrogen and oxygen atoms in total. The van der Waals surface area contributed by atoms with Crippen LogP contribution in [0.5, 0.6) is 0 Å². The molecular formula is C17H20N2O3S. The molecule has 122 valence electrons. The van der Waals surface area contributed by atoms with Gasteiger partial charge in [-0.05, 0) is 30.7 Å². The molecule has 1 aliphatic heterocycles. The van der Waals surface area contributed by atoms with Crippen LogP contribution in [0.4, 0.5) is 0 Å². The Bertz CT molecular complexity index is 678. The monoisotopic (exact) mass is 332 g/mol. The lowest BCUT2D eigenvalue weighted by atomic mass is 10.1. The first-order valence-corrected chi connectivity index (χ1v) is 8.62. The average molecular weight is 332 g/mol. The van der Waals surface area contributed by atoms with E-state index in [1.54, 1.807) is 28.6 Å².